The molecular formula is C16H21NOS. The van der Waals surface area contributed by atoms with Crippen LogP contribution < -0.4 is 5.32 Å². The van der Waals surface area contributed by atoms with E-state index in [0.29, 0.717) is 0 Å². The number of fused-ring (bicyclic) bond motifs is 1. The second kappa shape index (κ2) is 4.34. The van der Waals surface area contributed by atoms with Crippen LogP contribution in [0.1, 0.15) is 54.6 Å². The van der Waals surface area contributed by atoms with Crippen LogP contribution in [0.15, 0.2) is 17.5 Å². The van der Waals surface area contributed by atoms with Crippen molar-refractivity contribution in [2.24, 2.45) is 17.8 Å². The third-order valence-electron chi connectivity index (χ3n) is 5.51. The maximum Gasteiger partial charge on any atom is 0.261 e. The highest BCUT2D eigenvalue weighted by Gasteiger charge is 2.48. The van der Waals surface area contributed by atoms with Gasteiger partial charge in [0.1, 0.15) is 0 Å². The zero-order valence-electron chi connectivity index (χ0n) is 11.2. The van der Waals surface area contributed by atoms with Crippen molar-refractivity contribution in [3.63, 3.8) is 0 Å². The Balaban J connectivity index is 1.57. The minimum atomic E-state index is 0.125. The van der Waals surface area contributed by atoms with Gasteiger partial charge in [-0.1, -0.05) is 6.07 Å². The highest BCUT2D eigenvalue weighted by atomic mass is 32.1. The lowest BCUT2D eigenvalue weighted by Gasteiger charge is -2.45. The molecule has 1 aromatic heterocycles. The number of hydrogen-bond donors (Lipinski definition) is 1. The molecule has 4 aliphatic carbocycles. The van der Waals surface area contributed by atoms with E-state index in [-0.39, 0.29) is 11.4 Å². The van der Waals surface area contributed by atoms with Gasteiger partial charge in [0.05, 0.1) is 4.88 Å². The summed E-state index contributed by atoms with van der Waals surface area (Å²) in [6, 6.07) is 3.90. The van der Waals surface area contributed by atoms with Crippen LogP contribution >= 0.6 is 11.3 Å². The Morgan fingerprint density at radius 2 is 1.95 bits per heavy atom. The summed E-state index contributed by atoms with van der Waals surface area (Å²) in [5, 5.41) is 5.42. The molecule has 1 aromatic rings. The number of nitrogens with one attached hydrogen (secondary N) is 1. The molecule has 0 saturated heterocycles. The average Bonchev–Trinajstić information content (AvgIpc) is 2.83. The molecule has 1 amide bonds. The molecule has 2 unspecified atom stereocenters. The van der Waals surface area contributed by atoms with E-state index in [2.05, 4.69) is 5.32 Å². The molecule has 0 aromatic carbocycles. The van der Waals surface area contributed by atoms with Crippen LogP contribution in [-0.4, -0.2) is 11.4 Å². The minimum absolute atomic E-state index is 0.125. The van der Waals surface area contributed by atoms with Gasteiger partial charge in [0.2, 0.25) is 0 Å². The molecule has 2 atom stereocenters. The van der Waals surface area contributed by atoms with E-state index in [9.17, 15) is 4.79 Å². The van der Waals surface area contributed by atoms with Crippen LogP contribution in [0.4, 0.5) is 0 Å². The summed E-state index contributed by atoms with van der Waals surface area (Å²) in [5.41, 5.74) is 0.125. The SMILES string of the molecule is O=C(NC12CCC3CC(CC(C3)C1)C2)c1cccs1. The molecule has 4 fully saturated rings. The zero-order chi connectivity index (χ0) is 12.9. The van der Waals surface area contributed by atoms with Crippen molar-refractivity contribution in [2.45, 2.75) is 50.5 Å². The third kappa shape index (κ3) is 2.12. The molecule has 1 N–H and O–H groups in total. The first-order valence-corrected chi connectivity index (χ1v) is 8.46. The molecule has 0 radical (unpaired) electrons. The Kier molecular flexibility index (Phi) is 2.73. The van der Waals surface area contributed by atoms with Crippen molar-refractivity contribution in [3.05, 3.63) is 22.4 Å². The maximum absolute atomic E-state index is 12.4. The van der Waals surface area contributed by atoms with Crippen LogP contribution in [0, 0.1) is 17.8 Å². The lowest BCUT2D eigenvalue weighted by molar-refractivity contribution is 0.0718. The Bertz CT molecular complexity index is 467. The molecule has 2 nitrogen and oxygen atoms in total. The van der Waals surface area contributed by atoms with Crippen LogP contribution in [0.2, 0.25) is 0 Å². The van der Waals surface area contributed by atoms with Crippen molar-refractivity contribution in [1.82, 2.24) is 5.32 Å². The number of carbonyl (C=O) groups excluding carboxylic acids is 1. The zero-order valence-corrected chi connectivity index (χ0v) is 12.0. The van der Waals surface area contributed by atoms with Gasteiger partial charge in [-0.25, -0.2) is 0 Å². The molecule has 0 aliphatic heterocycles. The summed E-state index contributed by atoms with van der Waals surface area (Å²) in [6.07, 6.45) is 9.28. The van der Waals surface area contributed by atoms with Gasteiger partial charge in [-0.05, 0) is 74.1 Å². The maximum atomic E-state index is 12.4. The number of thiophene rings is 1. The summed E-state index contributed by atoms with van der Waals surface area (Å²) in [7, 11) is 0. The van der Waals surface area contributed by atoms with E-state index in [1.807, 2.05) is 17.5 Å². The summed E-state index contributed by atoms with van der Waals surface area (Å²) in [4.78, 5) is 13.3. The second-order valence-corrected chi connectivity index (χ2v) is 7.91. The second-order valence-electron chi connectivity index (χ2n) is 6.96. The van der Waals surface area contributed by atoms with Gasteiger partial charge in [0, 0.05) is 5.54 Å². The largest absolute Gasteiger partial charge is 0.346 e. The molecule has 0 spiro atoms. The van der Waals surface area contributed by atoms with Crippen LogP contribution in [0.5, 0.6) is 0 Å². The van der Waals surface area contributed by atoms with Crippen LogP contribution in [-0.2, 0) is 0 Å². The van der Waals surface area contributed by atoms with E-state index < -0.39 is 0 Å². The van der Waals surface area contributed by atoms with Gasteiger partial charge in [-0.15, -0.1) is 11.3 Å². The van der Waals surface area contributed by atoms with Gasteiger partial charge < -0.3 is 5.32 Å². The van der Waals surface area contributed by atoms with E-state index in [4.69, 9.17) is 0 Å². The minimum Gasteiger partial charge on any atom is -0.346 e. The van der Waals surface area contributed by atoms with E-state index in [1.54, 1.807) is 11.3 Å². The Labute approximate surface area is 118 Å². The van der Waals surface area contributed by atoms with Crippen molar-refractivity contribution in [1.29, 1.82) is 0 Å². The molecular weight excluding hydrogens is 254 g/mol. The fraction of sp³-hybridized carbons (Fsp3) is 0.688. The smallest absolute Gasteiger partial charge is 0.261 e. The van der Waals surface area contributed by atoms with Gasteiger partial charge in [0.25, 0.3) is 5.91 Å². The third-order valence-corrected chi connectivity index (χ3v) is 6.38. The predicted molar refractivity (Wildman–Crippen MR) is 77.3 cm³/mol. The highest BCUT2D eigenvalue weighted by Crippen LogP contribution is 2.53. The average molecular weight is 275 g/mol. The fourth-order valence-electron chi connectivity index (χ4n) is 5.02. The fourth-order valence-corrected chi connectivity index (χ4v) is 5.64. The first kappa shape index (κ1) is 12.0. The molecule has 1 heterocycles. The lowest BCUT2D eigenvalue weighted by Crippen LogP contribution is -2.52. The summed E-state index contributed by atoms with van der Waals surface area (Å²) >= 11 is 1.55. The molecule has 4 bridgehead atoms. The summed E-state index contributed by atoms with van der Waals surface area (Å²) in [5.74, 6) is 2.87. The van der Waals surface area contributed by atoms with Crippen molar-refractivity contribution in [3.8, 4) is 0 Å². The predicted octanol–water partition coefficient (Wildman–Crippen LogP) is 3.84. The molecule has 19 heavy (non-hydrogen) atoms. The normalized spacial score (nSPS) is 40.1. The number of carbonyl (C=O) groups is 1. The van der Waals surface area contributed by atoms with Gasteiger partial charge in [-0.2, -0.15) is 0 Å². The van der Waals surface area contributed by atoms with E-state index in [0.717, 1.165) is 22.6 Å². The number of hydrogen-bond acceptors (Lipinski definition) is 2. The molecule has 4 saturated carbocycles. The van der Waals surface area contributed by atoms with Crippen LogP contribution in [0.25, 0.3) is 0 Å². The Hall–Kier alpha value is -0.830. The summed E-state index contributed by atoms with van der Waals surface area (Å²) < 4.78 is 0. The number of amides is 1. The van der Waals surface area contributed by atoms with Gasteiger partial charge in [0.15, 0.2) is 0 Å². The van der Waals surface area contributed by atoms with Crippen molar-refractivity contribution in [2.75, 3.05) is 0 Å². The molecule has 5 rings (SSSR count). The Morgan fingerprint density at radius 1 is 1.21 bits per heavy atom. The van der Waals surface area contributed by atoms with E-state index >= 15 is 0 Å². The quantitative estimate of drug-likeness (QED) is 0.873. The van der Waals surface area contributed by atoms with Crippen LogP contribution in [0.3, 0.4) is 0 Å². The van der Waals surface area contributed by atoms with E-state index in [1.165, 1.54) is 44.9 Å². The van der Waals surface area contributed by atoms with Gasteiger partial charge >= 0.3 is 0 Å². The summed E-state index contributed by atoms with van der Waals surface area (Å²) in [6.45, 7) is 0. The molecule has 4 aliphatic rings. The lowest BCUT2D eigenvalue weighted by atomic mass is 9.65. The first-order chi connectivity index (χ1) is 9.22. The monoisotopic (exact) mass is 275 g/mol. The highest BCUT2D eigenvalue weighted by molar-refractivity contribution is 7.12. The number of rotatable bonds is 2. The van der Waals surface area contributed by atoms with Crippen molar-refractivity contribution >= 4 is 17.2 Å². The molecule has 3 heteroatoms. The Morgan fingerprint density at radius 3 is 2.63 bits per heavy atom. The van der Waals surface area contributed by atoms with Gasteiger partial charge in [-0.3, -0.25) is 4.79 Å². The van der Waals surface area contributed by atoms with Crippen molar-refractivity contribution < 1.29 is 4.79 Å². The first-order valence-electron chi connectivity index (χ1n) is 7.58. The standard InChI is InChI=1S/C16H21NOS/c18-15(14-2-1-5-19-14)17-16-4-3-11-6-12(9-16)8-13(7-11)10-16/h1-2,5,11-13H,3-4,6-10H2,(H,17,18). The topological polar surface area (TPSA) is 29.1 Å². The molecule has 102 valence electrons.